The molecule has 3 aliphatic carbocycles. The Morgan fingerprint density at radius 3 is 2.48 bits per heavy atom. The van der Waals surface area contributed by atoms with Crippen LogP contribution in [0.15, 0.2) is 6.20 Å². The van der Waals surface area contributed by atoms with Crippen LogP contribution in [0.5, 0.6) is 0 Å². The summed E-state index contributed by atoms with van der Waals surface area (Å²) < 4.78 is 30.5. The first kappa shape index (κ1) is 17.5. The molecule has 0 aromatic carbocycles. The van der Waals surface area contributed by atoms with Crippen LogP contribution in [0, 0.1) is 5.92 Å². The van der Waals surface area contributed by atoms with Gasteiger partial charge in [0.05, 0.1) is 23.5 Å². The summed E-state index contributed by atoms with van der Waals surface area (Å²) in [7, 11) is -3.23. The van der Waals surface area contributed by atoms with E-state index in [0.717, 1.165) is 37.8 Å². The number of nitrogens with zero attached hydrogens (tertiary/aromatic N) is 2. The average Bonchev–Trinajstić information content (AvgIpc) is 3.24. The summed E-state index contributed by atoms with van der Waals surface area (Å²) in [5.74, 6) is 0.632. The van der Waals surface area contributed by atoms with Gasteiger partial charge in [0.2, 0.25) is 10.0 Å². The van der Waals surface area contributed by atoms with E-state index in [1.54, 1.807) is 0 Å². The highest BCUT2D eigenvalue weighted by Crippen LogP contribution is 2.34. The smallest absolute Gasteiger partial charge is 0.212 e. The Labute approximate surface area is 151 Å². The van der Waals surface area contributed by atoms with Crippen LogP contribution in [0.4, 0.5) is 0 Å². The van der Waals surface area contributed by atoms with Gasteiger partial charge in [-0.1, -0.05) is 32.1 Å². The van der Waals surface area contributed by atoms with Crippen molar-refractivity contribution in [3.63, 3.8) is 0 Å². The molecule has 0 saturated heterocycles. The van der Waals surface area contributed by atoms with Gasteiger partial charge in [0.25, 0.3) is 0 Å². The van der Waals surface area contributed by atoms with E-state index in [0.29, 0.717) is 17.7 Å². The van der Waals surface area contributed by atoms with Gasteiger partial charge in [0.15, 0.2) is 0 Å². The molecule has 1 aromatic heterocycles. The highest BCUT2D eigenvalue weighted by atomic mass is 32.2. The lowest BCUT2D eigenvalue weighted by Crippen LogP contribution is -2.35. The minimum Gasteiger partial charge on any atom is -0.269 e. The molecule has 3 aliphatic rings. The first-order valence-electron chi connectivity index (χ1n) is 10.2. The van der Waals surface area contributed by atoms with E-state index in [-0.39, 0.29) is 6.04 Å². The Morgan fingerprint density at radius 2 is 1.72 bits per heavy atom. The van der Waals surface area contributed by atoms with Crippen molar-refractivity contribution in [2.75, 3.05) is 5.75 Å². The minimum absolute atomic E-state index is 0.125. The molecule has 1 aromatic rings. The summed E-state index contributed by atoms with van der Waals surface area (Å²) in [6.07, 6.45) is 15.9. The van der Waals surface area contributed by atoms with Gasteiger partial charge in [-0.25, -0.2) is 13.1 Å². The third-order valence-electron chi connectivity index (χ3n) is 6.31. The quantitative estimate of drug-likeness (QED) is 0.861. The standard InChI is InChI=1S/C19H31N3O2S/c23-25(24,14-15-7-2-1-3-8-15)21-18-12-6-9-16-13-22(20-19(16)18)17-10-4-5-11-17/h13,15,17-18,21H,1-12,14H2. The molecular weight excluding hydrogens is 334 g/mol. The Hall–Kier alpha value is -0.880. The predicted molar refractivity (Wildman–Crippen MR) is 98.9 cm³/mol. The second-order valence-electron chi connectivity index (χ2n) is 8.31. The van der Waals surface area contributed by atoms with Crippen molar-refractivity contribution in [3.05, 3.63) is 17.5 Å². The molecule has 1 N–H and O–H groups in total. The van der Waals surface area contributed by atoms with E-state index in [2.05, 4.69) is 15.6 Å². The van der Waals surface area contributed by atoms with Crippen molar-refractivity contribution in [3.8, 4) is 0 Å². The van der Waals surface area contributed by atoms with Crippen LogP contribution in [-0.4, -0.2) is 24.0 Å². The van der Waals surface area contributed by atoms with Gasteiger partial charge in [-0.15, -0.1) is 0 Å². The van der Waals surface area contributed by atoms with Gasteiger partial charge in [0.1, 0.15) is 0 Å². The monoisotopic (exact) mass is 365 g/mol. The van der Waals surface area contributed by atoms with Gasteiger partial charge in [0, 0.05) is 6.20 Å². The summed E-state index contributed by atoms with van der Waals surface area (Å²) in [5, 5.41) is 4.83. The number of hydrogen-bond acceptors (Lipinski definition) is 3. The Balaban J connectivity index is 1.46. The number of aromatic nitrogens is 2. The van der Waals surface area contributed by atoms with Crippen molar-refractivity contribution in [1.82, 2.24) is 14.5 Å². The van der Waals surface area contributed by atoms with Crippen LogP contribution in [0.25, 0.3) is 0 Å². The molecule has 0 amide bonds. The van der Waals surface area contributed by atoms with E-state index in [4.69, 9.17) is 5.10 Å². The zero-order valence-electron chi connectivity index (χ0n) is 15.1. The normalized spacial score (nSPS) is 26.0. The largest absolute Gasteiger partial charge is 0.269 e. The zero-order chi connectivity index (χ0) is 17.3. The summed E-state index contributed by atoms with van der Waals surface area (Å²) >= 11 is 0. The van der Waals surface area contributed by atoms with E-state index in [9.17, 15) is 8.42 Å². The third-order valence-corrected chi connectivity index (χ3v) is 7.86. The van der Waals surface area contributed by atoms with Crippen molar-refractivity contribution in [1.29, 1.82) is 0 Å². The predicted octanol–water partition coefficient (Wildman–Crippen LogP) is 3.88. The summed E-state index contributed by atoms with van der Waals surface area (Å²) in [5.41, 5.74) is 2.24. The van der Waals surface area contributed by atoms with Crippen LogP contribution < -0.4 is 4.72 Å². The first-order chi connectivity index (χ1) is 12.1. The number of sulfonamides is 1. The molecule has 0 radical (unpaired) electrons. The SMILES string of the molecule is O=S(=O)(CC1CCCCC1)NC1CCCc2cn(C3CCCC3)nc21. The molecular formula is C19H31N3O2S. The highest BCUT2D eigenvalue weighted by Gasteiger charge is 2.30. The van der Waals surface area contributed by atoms with Crippen LogP contribution in [0.3, 0.4) is 0 Å². The number of hydrogen-bond donors (Lipinski definition) is 1. The van der Waals surface area contributed by atoms with Crippen LogP contribution in [-0.2, 0) is 16.4 Å². The lowest BCUT2D eigenvalue weighted by atomic mass is 9.91. The second-order valence-corrected chi connectivity index (χ2v) is 10.1. The molecule has 0 aliphatic heterocycles. The van der Waals surface area contributed by atoms with Gasteiger partial charge in [-0.05, 0) is 56.4 Å². The van der Waals surface area contributed by atoms with Gasteiger partial charge < -0.3 is 0 Å². The zero-order valence-corrected chi connectivity index (χ0v) is 15.9. The molecule has 1 heterocycles. The molecule has 140 valence electrons. The molecule has 25 heavy (non-hydrogen) atoms. The molecule has 0 spiro atoms. The van der Waals surface area contributed by atoms with Crippen molar-refractivity contribution in [2.24, 2.45) is 5.92 Å². The minimum atomic E-state index is -3.23. The van der Waals surface area contributed by atoms with E-state index in [1.165, 1.54) is 50.5 Å². The fourth-order valence-corrected chi connectivity index (χ4v) is 6.68. The third kappa shape index (κ3) is 4.11. The molecule has 0 bridgehead atoms. The number of rotatable bonds is 5. The number of aryl methyl sites for hydroxylation is 1. The molecule has 1 atom stereocenters. The summed E-state index contributed by atoms with van der Waals surface area (Å²) in [6, 6.07) is 0.394. The molecule has 4 rings (SSSR count). The van der Waals surface area contributed by atoms with Crippen molar-refractivity contribution >= 4 is 10.0 Å². The topological polar surface area (TPSA) is 64.0 Å². The second kappa shape index (κ2) is 7.39. The maximum absolute atomic E-state index is 12.7. The first-order valence-corrected chi connectivity index (χ1v) is 11.8. The summed E-state index contributed by atoms with van der Waals surface area (Å²) in [4.78, 5) is 0. The van der Waals surface area contributed by atoms with E-state index < -0.39 is 10.0 Å². The maximum Gasteiger partial charge on any atom is 0.212 e. The number of fused-ring (bicyclic) bond motifs is 1. The molecule has 5 nitrogen and oxygen atoms in total. The fourth-order valence-electron chi connectivity index (χ4n) is 4.96. The Morgan fingerprint density at radius 1 is 1.00 bits per heavy atom. The maximum atomic E-state index is 12.7. The summed E-state index contributed by atoms with van der Waals surface area (Å²) in [6.45, 7) is 0. The van der Waals surface area contributed by atoms with Crippen LogP contribution in [0.2, 0.25) is 0 Å². The van der Waals surface area contributed by atoms with E-state index >= 15 is 0 Å². The van der Waals surface area contributed by atoms with Crippen LogP contribution >= 0.6 is 0 Å². The average molecular weight is 366 g/mol. The molecule has 2 fully saturated rings. The van der Waals surface area contributed by atoms with Crippen molar-refractivity contribution < 1.29 is 8.42 Å². The molecule has 1 unspecified atom stereocenters. The van der Waals surface area contributed by atoms with Crippen molar-refractivity contribution in [2.45, 2.75) is 89.1 Å². The Kier molecular flexibility index (Phi) is 5.18. The lowest BCUT2D eigenvalue weighted by Gasteiger charge is -2.25. The highest BCUT2D eigenvalue weighted by molar-refractivity contribution is 7.89. The lowest BCUT2D eigenvalue weighted by molar-refractivity contribution is 0.382. The molecule has 6 heteroatoms. The van der Waals surface area contributed by atoms with Gasteiger partial charge in [-0.2, -0.15) is 5.10 Å². The Bertz CT molecular complexity index is 686. The van der Waals surface area contributed by atoms with Crippen LogP contribution in [0.1, 0.15) is 94.0 Å². The van der Waals surface area contributed by atoms with E-state index in [1.807, 2.05) is 0 Å². The van der Waals surface area contributed by atoms with Gasteiger partial charge >= 0.3 is 0 Å². The fraction of sp³-hybridized carbons (Fsp3) is 0.842. The number of nitrogens with one attached hydrogen (secondary N) is 1. The van der Waals surface area contributed by atoms with Gasteiger partial charge in [-0.3, -0.25) is 4.68 Å². The molecule has 2 saturated carbocycles.